The number of nitrogens with zero attached hydrogens (tertiary/aromatic N) is 1. The number of benzene rings is 1. The van der Waals surface area contributed by atoms with Gasteiger partial charge in [-0.05, 0) is 30.4 Å². The monoisotopic (exact) mass is 235 g/mol. The van der Waals surface area contributed by atoms with Gasteiger partial charge in [-0.3, -0.25) is 4.79 Å². The molecule has 1 amide bonds. The van der Waals surface area contributed by atoms with E-state index < -0.39 is 0 Å². The predicted molar refractivity (Wildman–Crippen MR) is 65.1 cm³/mol. The van der Waals surface area contributed by atoms with E-state index in [4.69, 9.17) is 0 Å². The van der Waals surface area contributed by atoms with Crippen LogP contribution in [0.2, 0.25) is 0 Å². The first-order valence-corrected chi connectivity index (χ1v) is 6.18. The van der Waals surface area contributed by atoms with Gasteiger partial charge in [0.15, 0.2) is 0 Å². The minimum atomic E-state index is -0.286. The zero-order valence-electron chi connectivity index (χ0n) is 10.2. The fraction of sp³-hybridized carbons (Fsp3) is 0.500. The molecule has 1 aromatic carbocycles. The topological polar surface area (TPSA) is 20.3 Å². The molecule has 2 rings (SSSR count). The third-order valence-corrected chi connectivity index (χ3v) is 3.44. The molecule has 92 valence electrons. The maximum absolute atomic E-state index is 13.4. The van der Waals surface area contributed by atoms with Crippen LogP contribution in [-0.2, 0) is 11.2 Å². The smallest absolute Gasteiger partial charge is 0.227 e. The molecule has 0 aromatic heterocycles. The van der Waals surface area contributed by atoms with Gasteiger partial charge in [0.05, 0.1) is 6.42 Å². The first-order valence-electron chi connectivity index (χ1n) is 6.18. The van der Waals surface area contributed by atoms with Crippen molar-refractivity contribution in [2.24, 2.45) is 5.92 Å². The van der Waals surface area contributed by atoms with E-state index in [1.807, 2.05) is 4.90 Å². The number of amides is 1. The van der Waals surface area contributed by atoms with E-state index in [-0.39, 0.29) is 18.1 Å². The van der Waals surface area contributed by atoms with Gasteiger partial charge in [0.1, 0.15) is 5.82 Å². The third-order valence-electron chi connectivity index (χ3n) is 3.44. The highest BCUT2D eigenvalue weighted by Crippen LogP contribution is 2.17. The van der Waals surface area contributed by atoms with Crippen molar-refractivity contribution in [3.8, 4) is 0 Å². The molecule has 0 N–H and O–H groups in total. The predicted octanol–water partition coefficient (Wildman–Crippen LogP) is 2.63. The Morgan fingerprint density at radius 3 is 2.65 bits per heavy atom. The fourth-order valence-electron chi connectivity index (χ4n) is 2.17. The van der Waals surface area contributed by atoms with Crippen LogP contribution in [0.3, 0.4) is 0 Å². The summed E-state index contributed by atoms with van der Waals surface area (Å²) in [5.41, 5.74) is 0.496. The van der Waals surface area contributed by atoms with Gasteiger partial charge in [0, 0.05) is 13.1 Å². The minimum Gasteiger partial charge on any atom is -0.342 e. The van der Waals surface area contributed by atoms with Crippen LogP contribution >= 0.6 is 0 Å². The van der Waals surface area contributed by atoms with Gasteiger partial charge in [-0.15, -0.1) is 0 Å². The van der Waals surface area contributed by atoms with E-state index in [1.54, 1.807) is 18.2 Å². The third kappa shape index (κ3) is 3.05. The SMILES string of the molecule is CC1CCN(C(=O)Cc2ccccc2F)CC1. The lowest BCUT2D eigenvalue weighted by atomic mass is 9.98. The number of carbonyl (C=O) groups is 1. The summed E-state index contributed by atoms with van der Waals surface area (Å²) >= 11 is 0. The Morgan fingerprint density at radius 2 is 2.00 bits per heavy atom. The molecule has 1 aliphatic heterocycles. The molecule has 17 heavy (non-hydrogen) atoms. The highest BCUT2D eigenvalue weighted by molar-refractivity contribution is 5.78. The quantitative estimate of drug-likeness (QED) is 0.771. The van der Waals surface area contributed by atoms with Crippen molar-refractivity contribution >= 4 is 5.91 Å². The summed E-state index contributed by atoms with van der Waals surface area (Å²) in [6, 6.07) is 6.50. The van der Waals surface area contributed by atoms with E-state index in [2.05, 4.69) is 6.92 Å². The van der Waals surface area contributed by atoms with Crippen molar-refractivity contribution in [1.29, 1.82) is 0 Å². The van der Waals surface area contributed by atoms with Crippen LogP contribution in [0.4, 0.5) is 4.39 Å². The molecule has 0 bridgehead atoms. The molecule has 0 radical (unpaired) electrons. The molecule has 0 saturated carbocycles. The fourth-order valence-corrected chi connectivity index (χ4v) is 2.17. The molecule has 1 saturated heterocycles. The van der Waals surface area contributed by atoms with Gasteiger partial charge >= 0.3 is 0 Å². The highest BCUT2D eigenvalue weighted by atomic mass is 19.1. The van der Waals surface area contributed by atoms with E-state index in [0.29, 0.717) is 11.5 Å². The van der Waals surface area contributed by atoms with Crippen LogP contribution in [0.15, 0.2) is 24.3 Å². The second-order valence-electron chi connectivity index (χ2n) is 4.83. The number of halogens is 1. The van der Waals surface area contributed by atoms with E-state index >= 15 is 0 Å². The van der Waals surface area contributed by atoms with Gasteiger partial charge in [-0.2, -0.15) is 0 Å². The van der Waals surface area contributed by atoms with E-state index in [1.165, 1.54) is 6.07 Å². The number of hydrogen-bond donors (Lipinski definition) is 0. The normalized spacial score (nSPS) is 17.2. The number of piperidine rings is 1. The second kappa shape index (κ2) is 5.30. The second-order valence-corrected chi connectivity index (χ2v) is 4.83. The summed E-state index contributed by atoms with van der Waals surface area (Å²) in [5.74, 6) is 0.459. The molecule has 1 aliphatic rings. The van der Waals surface area contributed by atoms with Crippen molar-refractivity contribution in [2.45, 2.75) is 26.2 Å². The zero-order valence-corrected chi connectivity index (χ0v) is 10.2. The molecule has 0 unspecified atom stereocenters. The Labute approximate surface area is 101 Å². The molecule has 1 aromatic rings. The zero-order chi connectivity index (χ0) is 12.3. The summed E-state index contributed by atoms with van der Waals surface area (Å²) in [6.07, 6.45) is 2.30. The standard InChI is InChI=1S/C14H18FNO/c1-11-6-8-16(9-7-11)14(17)10-12-4-2-3-5-13(12)15/h2-5,11H,6-10H2,1H3. The maximum atomic E-state index is 13.4. The van der Waals surface area contributed by atoms with Gasteiger partial charge in [0.2, 0.25) is 5.91 Å². The van der Waals surface area contributed by atoms with Crippen molar-refractivity contribution in [1.82, 2.24) is 4.90 Å². The van der Waals surface area contributed by atoms with Gasteiger partial charge in [-0.25, -0.2) is 4.39 Å². The Morgan fingerprint density at radius 1 is 1.35 bits per heavy atom. The van der Waals surface area contributed by atoms with Crippen molar-refractivity contribution in [3.05, 3.63) is 35.6 Å². The van der Waals surface area contributed by atoms with Crippen molar-refractivity contribution in [2.75, 3.05) is 13.1 Å². The number of rotatable bonds is 2. The van der Waals surface area contributed by atoms with Crippen LogP contribution < -0.4 is 0 Å². The molecular weight excluding hydrogens is 217 g/mol. The maximum Gasteiger partial charge on any atom is 0.227 e. The summed E-state index contributed by atoms with van der Waals surface area (Å²) in [5, 5.41) is 0. The van der Waals surface area contributed by atoms with Crippen LogP contribution in [0.25, 0.3) is 0 Å². The Hall–Kier alpha value is -1.38. The average Bonchev–Trinajstić information content (AvgIpc) is 2.33. The van der Waals surface area contributed by atoms with Gasteiger partial charge < -0.3 is 4.90 Å². The minimum absolute atomic E-state index is 0.0435. The molecule has 3 heteroatoms. The van der Waals surface area contributed by atoms with Gasteiger partial charge in [0.25, 0.3) is 0 Å². The Bertz CT molecular complexity index is 397. The van der Waals surface area contributed by atoms with Crippen molar-refractivity contribution in [3.63, 3.8) is 0 Å². The van der Waals surface area contributed by atoms with Gasteiger partial charge in [-0.1, -0.05) is 25.1 Å². The lowest BCUT2D eigenvalue weighted by Gasteiger charge is -2.30. The average molecular weight is 235 g/mol. The van der Waals surface area contributed by atoms with Crippen molar-refractivity contribution < 1.29 is 9.18 Å². The first kappa shape index (κ1) is 12.1. The van der Waals surface area contributed by atoms with E-state index in [0.717, 1.165) is 25.9 Å². The largest absolute Gasteiger partial charge is 0.342 e. The van der Waals surface area contributed by atoms with E-state index in [9.17, 15) is 9.18 Å². The Balaban J connectivity index is 1.95. The first-order chi connectivity index (χ1) is 8.16. The molecule has 0 atom stereocenters. The molecule has 0 spiro atoms. The molecule has 0 aliphatic carbocycles. The van der Waals surface area contributed by atoms with Crippen LogP contribution in [0.1, 0.15) is 25.3 Å². The highest BCUT2D eigenvalue weighted by Gasteiger charge is 2.20. The number of likely N-dealkylation sites (tertiary alicyclic amines) is 1. The number of carbonyl (C=O) groups excluding carboxylic acids is 1. The lowest BCUT2D eigenvalue weighted by Crippen LogP contribution is -2.38. The van der Waals surface area contributed by atoms with Crippen LogP contribution in [0.5, 0.6) is 0 Å². The van der Waals surface area contributed by atoms with Crippen LogP contribution in [0, 0.1) is 11.7 Å². The molecular formula is C14H18FNO. The molecule has 1 heterocycles. The molecule has 2 nitrogen and oxygen atoms in total. The summed E-state index contributed by atoms with van der Waals surface area (Å²) < 4.78 is 13.4. The lowest BCUT2D eigenvalue weighted by molar-refractivity contribution is -0.131. The van der Waals surface area contributed by atoms with Crippen LogP contribution in [-0.4, -0.2) is 23.9 Å². The summed E-state index contributed by atoms with van der Waals surface area (Å²) in [6.45, 7) is 3.83. The summed E-state index contributed by atoms with van der Waals surface area (Å²) in [7, 11) is 0. The molecule has 1 fully saturated rings. The Kier molecular flexibility index (Phi) is 3.77. The number of hydrogen-bond acceptors (Lipinski definition) is 1. The summed E-state index contributed by atoms with van der Waals surface area (Å²) in [4.78, 5) is 13.8.